The Bertz CT molecular complexity index is 940. The molecule has 2 atom stereocenters. The van der Waals surface area contributed by atoms with E-state index in [4.69, 9.17) is 4.52 Å². The van der Waals surface area contributed by atoms with Gasteiger partial charge in [-0.2, -0.15) is 4.98 Å². The number of hydrogen-bond acceptors (Lipinski definition) is 7. The molecule has 3 heterocycles. The summed E-state index contributed by atoms with van der Waals surface area (Å²) in [6.45, 7) is 6.61. The van der Waals surface area contributed by atoms with Crippen LogP contribution in [0.1, 0.15) is 26.2 Å². The third-order valence-electron chi connectivity index (χ3n) is 4.71. The third kappa shape index (κ3) is 4.49. The van der Waals surface area contributed by atoms with Crippen molar-refractivity contribution in [3.05, 3.63) is 48.4 Å². The van der Waals surface area contributed by atoms with E-state index >= 15 is 0 Å². The summed E-state index contributed by atoms with van der Waals surface area (Å²) in [5, 5.41) is 4.80. The number of hydrogen-bond donors (Lipinski definition) is 0. The molecule has 0 amide bonds. The number of aromatic nitrogens is 4. The van der Waals surface area contributed by atoms with Gasteiger partial charge in [0, 0.05) is 24.7 Å². The Morgan fingerprint density at radius 3 is 2.79 bits per heavy atom. The predicted octanol–water partition coefficient (Wildman–Crippen LogP) is 4.44. The molecule has 1 aliphatic heterocycles. The quantitative estimate of drug-likeness (QED) is 0.464. The summed E-state index contributed by atoms with van der Waals surface area (Å²) >= 11 is 1.52. The minimum Gasteiger partial charge on any atom is -0.356 e. The van der Waals surface area contributed by atoms with E-state index in [1.54, 1.807) is 18.5 Å². The summed E-state index contributed by atoms with van der Waals surface area (Å²) in [7, 11) is 0. The summed E-state index contributed by atoms with van der Waals surface area (Å²) in [6.07, 6.45) is 2.86. The molecule has 2 unspecified atom stereocenters. The first kappa shape index (κ1) is 18.9. The average Bonchev–Trinajstić information content (AvgIpc) is 3.15. The van der Waals surface area contributed by atoms with E-state index < -0.39 is 0 Å². The highest BCUT2D eigenvalue weighted by Crippen LogP contribution is 2.28. The molecule has 0 N–H and O–H groups in total. The van der Waals surface area contributed by atoms with E-state index in [0.717, 1.165) is 23.9 Å². The van der Waals surface area contributed by atoms with Crippen molar-refractivity contribution in [2.75, 3.05) is 18.0 Å². The van der Waals surface area contributed by atoms with Crippen molar-refractivity contribution in [2.45, 2.75) is 31.0 Å². The van der Waals surface area contributed by atoms with Gasteiger partial charge in [0.15, 0.2) is 0 Å². The summed E-state index contributed by atoms with van der Waals surface area (Å²) in [6, 6.07) is 8.16. The monoisotopic (exact) mass is 399 g/mol. The summed E-state index contributed by atoms with van der Waals surface area (Å²) in [4.78, 5) is 15.5. The van der Waals surface area contributed by atoms with Gasteiger partial charge in [0.1, 0.15) is 23.0 Å². The standard InChI is InChI=1S/C20H22FN5OS/c1-13-6-14(2)10-26(9-13)17-8-19(23-12-22-17)28-11-18-24-20(25-27-18)15-4-3-5-16(21)7-15/h3-5,7-8,12-14H,6,9-11H2,1-2H3. The molecule has 0 bridgehead atoms. The van der Waals surface area contributed by atoms with Crippen LogP contribution in [0.3, 0.4) is 0 Å². The number of rotatable bonds is 5. The summed E-state index contributed by atoms with van der Waals surface area (Å²) in [5.74, 6) is 3.31. The lowest BCUT2D eigenvalue weighted by molar-refractivity contribution is 0.355. The molecule has 0 aliphatic carbocycles. The summed E-state index contributed by atoms with van der Waals surface area (Å²) < 4.78 is 18.7. The van der Waals surface area contributed by atoms with E-state index in [-0.39, 0.29) is 5.82 Å². The normalized spacial score (nSPS) is 19.8. The lowest BCUT2D eigenvalue weighted by Crippen LogP contribution is -2.39. The minimum atomic E-state index is -0.326. The third-order valence-corrected chi connectivity index (χ3v) is 5.63. The van der Waals surface area contributed by atoms with E-state index in [9.17, 15) is 4.39 Å². The van der Waals surface area contributed by atoms with Crippen molar-refractivity contribution in [2.24, 2.45) is 11.8 Å². The highest BCUT2D eigenvalue weighted by Gasteiger charge is 2.23. The fourth-order valence-corrected chi connectivity index (χ4v) is 4.32. The molecule has 1 aliphatic rings. The zero-order valence-corrected chi connectivity index (χ0v) is 16.7. The molecule has 1 saturated heterocycles. The first-order chi connectivity index (χ1) is 13.6. The molecular formula is C20H22FN5OS. The van der Waals surface area contributed by atoms with Gasteiger partial charge in [-0.15, -0.1) is 0 Å². The smallest absolute Gasteiger partial charge is 0.237 e. The van der Waals surface area contributed by atoms with Crippen molar-refractivity contribution in [3.8, 4) is 11.4 Å². The molecule has 8 heteroatoms. The van der Waals surface area contributed by atoms with Gasteiger partial charge in [-0.25, -0.2) is 14.4 Å². The van der Waals surface area contributed by atoms with Crippen LogP contribution >= 0.6 is 11.8 Å². The van der Waals surface area contributed by atoms with Crippen LogP contribution in [0, 0.1) is 17.7 Å². The van der Waals surface area contributed by atoms with Crippen LogP contribution in [0.2, 0.25) is 0 Å². The zero-order chi connectivity index (χ0) is 19.5. The van der Waals surface area contributed by atoms with Crippen molar-refractivity contribution in [1.29, 1.82) is 0 Å². The first-order valence-electron chi connectivity index (χ1n) is 9.35. The fourth-order valence-electron chi connectivity index (χ4n) is 3.63. The first-order valence-corrected chi connectivity index (χ1v) is 10.3. The topological polar surface area (TPSA) is 67.9 Å². The summed E-state index contributed by atoms with van der Waals surface area (Å²) in [5.41, 5.74) is 0.595. The Morgan fingerprint density at radius 2 is 2.00 bits per heavy atom. The second-order valence-electron chi connectivity index (χ2n) is 7.38. The Balaban J connectivity index is 1.42. The molecule has 3 aromatic rings. The number of halogens is 1. The highest BCUT2D eigenvalue weighted by molar-refractivity contribution is 7.98. The molecule has 0 spiro atoms. The van der Waals surface area contributed by atoms with Gasteiger partial charge in [0.05, 0.1) is 5.75 Å². The molecular weight excluding hydrogens is 377 g/mol. The number of nitrogens with zero attached hydrogens (tertiary/aromatic N) is 5. The van der Waals surface area contributed by atoms with Gasteiger partial charge in [0.2, 0.25) is 11.7 Å². The Hall–Kier alpha value is -2.48. The molecule has 6 nitrogen and oxygen atoms in total. The molecule has 2 aromatic heterocycles. The molecule has 4 rings (SSSR count). The van der Waals surface area contributed by atoms with Gasteiger partial charge in [-0.05, 0) is 30.4 Å². The fraction of sp³-hybridized carbons (Fsp3) is 0.400. The predicted molar refractivity (Wildman–Crippen MR) is 106 cm³/mol. The second kappa shape index (κ2) is 8.26. The van der Waals surface area contributed by atoms with Crippen LogP contribution in [-0.2, 0) is 5.75 Å². The van der Waals surface area contributed by atoms with E-state index in [2.05, 4.69) is 38.9 Å². The van der Waals surface area contributed by atoms with E-state index in [0.29, 0.717) is 34.9 Å². The zero-order valence-electron chi connectivity index (χ0n) is 15.9. The molecule has 1 aromatic carbocycles. The maximum absolute atomic E-state index is 13.4. The lowest BCUT2D eigenvalue weighted by atomic mass is 9.92. The van der Waals surface area contributed by atoms with Crippen LogP contribution in [0.4, 0.5) is 10.2 Å². The van der Waals surface area contributed by atoms with Gasteiger partial charge in [-0.1, -0.05) is 42.9 Å². The van der Waals surface area contributed by atoms with Gasteiger partial charge in [-0.3, -0.25) is 0 Å². The Morgan fingerprint density at radius 1 is 1.18 bits per heavy atom. The van der Waals surface area contributed by atoms with Crippen LogP contribution < -0.4 is 4.90 Å². The SMILES string of the molecule is CC1CC(C)CN(c2cc(SCc3nc(-c4cccc(F)c4)no3)ncn2)C1. The number of benzene rings is 1. The van der Waals surface area contributed by atoms with Gasteiger partial charge >= 0.3 is 0 Å². The van der Waals surface area contributed by atoms with Crippen molar-refractivity contribution < 1.29 is 8.91 Å². The van der Waals surface area contributed by atoms with Crippen LogP contribution in [0.25, 0.3) is 11.4 Å². The maximum Gasteiger partial charge on any atom is 0.237 e. The van der Waals surface area contributed by atoms with Gasteiger partial charge < -0.3 is 9.42 Å². The van der Waals surface area contributed by atoms with Crippen molar-refractivity contribution in [1.82, 2.24) is 20.1 Å². The minimum absolute atomic E-state index is 0.326. The molecule has 0 saturated carbocycles. The maximum atomic E-state index is 13.4. The number of anilines is 1. The van der Waals surface area contributed by atoms with Gasteiger partial charge in [0.25, 0.3) is 0 Å². The average molecular weight is 399 g/mol. The van der Waals surface area contributed by atoms with Crippen molar-refractivity contribution >= 4 is 17.6 Å². The van der Waals surface area contributed by atoms with Crippen LogP contribution in [0.5, 0.6) is 0 Å². The molecule has 0 radical (unpaired) electrons. The highest BCUT2D eigenvalue weighted by atomic mass is 32.2. The largest absolute Gasteiger partial charge is 0.356 e. The Labute approximate surface area is 167 Å². The number of thioether (sulfide) groups is 1. The molecule has 1 fully saturated rings. The Kier molecular flexibility index (Phi) is 5.57. The van der Waals surface area contributed by atoms with E-state index in [1.165, 1.54) is 30.3 Å². The van der Waals surface area contributed by atoms with Crippen LogP contribution in [0.15, 0.2) is 46.2 Å². The lowest BCUT2D eigenvalue weighted by Gasteiger charge is -2.35. The molecule has 28 heavy (non-hydrogen) atoms. The van der Waals surface area contributed by atoms with E-state index in [1.807, 2.05) is 6.07 Å². The van der Waals surface area contributed by atoms with Crippen molar-refractivity contribution in [3.63, 3.8) is 0 Å². The second-order valence-corrected chi connectivity index (χ2v) is 8.37. The number of piperidine rings is 1. The van der Waals surface area contributed by atoms with Crippen LogP contribution in [-0.4, -0.2) is 33.2 Å². The molecule has 146 valence electrons.